The molecule has 5 rings (SSSR count). The predicted octanol–water partition coefficient (Wildman–Crippen LogP) is 5.88. The average molecular weight is 616 g/mol. The van der Waals surface area contributed by atoms with Crippen LogP contribution in [0.5, 0.6) is 0 Å². The Hall–Kier alpha value is -4.41. The third kappa shape index (κ3) is 6.41. The van der Waals surface area contributed by atoms with Gasteiger partial charge in [-0.05, 0) is 66.7 Å². The smallest absolute Gasteiger partial charge is 0.272 e. The number of furan rings is 1. The van der Waals surface area contributed by atoms with E-state index in [1.807, 2.05) is 0 Å². The van der Waals surface area contributed by atoms with Crippen molar-refractivity contribution in [1.29, 1.82) is 0 Å². The summed E-state index contributed by atoms with van der Waals surface area (Å²) in [6.45, 7) is 0. The molecule has 4 amide bonds. The normalized spacial score (nSPS) is 15.3. The molecule has 1 saturated heterocycles. The van der Waals surface area contributed by atoms with Crippen molar-refractivity contribution in [2.75, 3.05) is 10.2 Å². The molecule has 1 aromatic heterocycles. The number of carbonyl (C=O) groups is 4. The van der Waals surface area contributed by atoms with Gasteiger partial charge in [-0.15, -0.1) is 11.8 Å². The van der Waals surface area contributed by atoms with Gasteiger partial charge < -0.3 is 15.1 Å². The van der Waals surface area contributed by atoms with Gasteiger partial charge in [0.2, 0.25) is 11.8 Å². The van der Waals surface area contributed by atoms with E-state index in [0.717, 1.165) is 4.47 Å². The predicted molar refractivity (Wildman–Crippen MR) is 157 cm³/mol. The molecule has 1 aliphatic heterocycles. The Morgan fingerprint density at radius 1 is 0.950 bits per heavy atom. The number of carbonyl (C=O) groups excluding carboxylic acids is 4. The van der Waals surface area contributed by atoms with Crippen molar-refractivity contribution in [3.8, 4) is 0 Å². The van der Waals surface area contributed by atoms with Crippen LogP contribution < -0.4 is 15.5 Å². The number of benzene rings is 3. The van der Waals surface area contributed by atoms with Crippen LogP contribution in [0.3, 0.4) is 0 Å². The van der Waals surface area contributed by atoms with Gasteiger partial charge in [-0.25, -0.2) is 4.90 Å². The minimum atomic E-state index is -0.596. The lowest BCUT2D eigenvalue weighted by atomic mass is 10.2. The molecule has 0 saturated carbocycles. The molecule has 0 bridgehead atoms. The standard InChI is InChI=1S/C30H22BrN3O5S/c31-20-11-13-22(14-12-20)34-27(35)18-26(30(34)38)40-24-10-4-8-21(16-24)32-29(37)25(17-23-9-5-15-39-23)33-28(36)19-6-2-1-3-7-19/h1-17,26H,18H2,(H,32,37)(H,33,36)/b25-17+/t26-/m0/s1. The topological polar surface area (TPSA) is 109 Å². The molecular weight excluding hydrogens is 594 g/mol. The third-order valence-electron chi connectivity index (χ3n) is 5.92. The second-order valence-corrected chi connectivity index (χ2v) is 10.9. The van der Waals surface area contributed by atoms with E-state index in [-0.39, 0.29) is 23.9 Å². The summed E-state index contributed by atoms with van der Waals surface area (Å²) >= 11 is 4.61. The Kier molecular flexibility index (Phi) is 8.28. The Morgan fingerprint density at radius 2 is 1.73 bits per heavy atom. The van der Waals surface area contributed by atoms with Crippen molar-refractivity contribution in [2.45, 2.75) is 16.6 Å². The highest BCUT2D eigenvalue weighted by atomic mass is 79.9. The second-order valence-electron chi connectivity index (χ2n) is 8.73. The zero-order chi connectivity index (χ0) is 28.1. The molecule has 2 heterocycles. The molecule has 4 aromatic rings. The molecule has 40 heavy (non-hydrogen) atoms. The highest BCUT2D eigenvalue weighted by Gasteiger charge is 2.40. The number of imide groups is 1. The van der Waals surface area contributed by atoms with Crippen molar-refractivity contribution in [3.63, 3.8) is 0 Å². The van der Waals surface area contributed by atoms with Gasteiger partial charge in [0.25, 0.3) is 11.8 Å². The van der Waals surface area contributed by atoms with E-state index in [1.165, 1.54) is 29.0 Å². The summed E-state index contributed by atoms with van der Waals surface area (Å²) in [5.74, 6) is -1.17. The van der Waals surface area contributed by atoms with Crippen LogP contribution in [0.2, 0.25) is 0 Å². The monoisotopic (exact) mass is 615 g/mol. The summed E-state index contributed by atoms with van der Waals surface area (Å²) in [5, 5.41) is 4.85. The summed E-state index contributed by atoms with van der Waals surface area (Å²) in [4.78, 5) is 53.6. The van der Waals surface area contributed by atoms with Crippen LogP contribution in [0.25, 0.3) is 6.08 Å². The van der Waals surface area contributed by atoms with Crippen LogP contribution in [0.15, 0.2) is 117 Å². The van der Waals surface area contributed by atoms with E-state index in [9.17, 15) is 19.2 Å². The summed E-state index contributed by atoms with van der Waals surface area (Å²) in [6, 6.07) is 25.8. The Labute approximate surface area is 242 Å². The second kappa shape index (κ2) is 12.2. The van der Waals surface area contributed by atoms with E-state index >= 15 is 0 Å². The number of amides is 4. The fraction of sp³-hybridized carbons (Fsp3) is 0.0667. The lowest BCUT2D eigenvalue weighted by Gasteiger charge is -2.15. The van der Waals surface area contributed by atoms with Crippen molar-refractivity contribution in [2.24, 2.45) is 0 Å². The minimum absolute atomic E-state index is 0.0106. The number of anilines is 2. The van der Waals surface area contributed by atoms with Crippen LogP contribution >= 0.6 is 27.7 Å². The maximum Gasteiger partial charge on any atom is 0.272 e. The van der Waals surface area contributed by atoms with Gasteiger partial charge in [0, 0.05) is 33.1 Å². The molecule has 0 aliphatic carbocycles. The first-order chi connectivity index (χ1) is 19.4. The van der Waals surface area contributed by atoms with Crippen molar-refractivity contribution in [1.82, 2.24) is 5.32 Å². The molecule has 0 unspecified atom stereocenters. The van der Waals surface area contributed by atoms with Crippen LogP contribution in [0, 0.1) is 0 Å². The molecule has 3 aromatic carbocycles. The molecule has 1 fully saturated rings. The zero-order valence-corrected chi connectivity index (χ0v) is 23.3. The number of thioether (sulfide) groups is 1. The molecule has 10 heteroatoms. The van der Waals surface area contributed by atoms with Gasteiger partial charge in [-0.2, -0.15) is 0 Å². The van der Waals surface area contributed by atoms with Crippen molar-refractivity contribution >= 4 is 68.8 Å². The summed E-state index contributed by atoms with van der Waals surface area (Å²) < 4.78 is 6.18. The lowest BCUT2D eigenvalue weighted by molar-refractivity contribution is -0.121. The number of hydrogen-bond donors (Lipinski definition) is 2. The average Bonchev–Trinajstić information content (AvgIpc) is 3.56. The number of nitrogens with zero attached hydrogens (tertiary/aromatic N) is 1. The van der Waals surface area contributed by atoms with Crippen LogP contribution in [-0.4, -0.2) is 28.9 Å². The molecule has 1 aliphatic rings. The fourth-order valence-corrected chi connectivity index (χ4v) is 5.40. The number of nitrogens with one attached hydrogen (secondary N) is 2. The molecule has 0 spiro atoms. The highest BCUT2D eigenvalue weighted by molar-refractivity contribution is 9.10. The SMILES string of the molecule is O=C(Nc1cccc(S[C@H]2CC(=O)N(c3ccc(Br)cc3)C2=O)c1)/C(=C\c1ccco1)NC(=O)c1ccccc1. The lowest BCUT2D eigenvalue weighted by Crippen LogP contribution is -2.31. The minimum Gasteiger partial charge on any atom is -0.465 e. The highest BCUT2D eigenvalue weighted by Crippen LogP contribution is 2.35. The van der Waals surface area contributed by atoms with Gasteiger partial charge in [0.15, 0.2) is 0 Å². The van der Waals surface area contributed by atoms with Gasteiger partial charge in [0.05, 0.1) is 17.2 Å². The summed E-state index contributed by atoms with van der Waals surface area (Å²) in [7, 11) is 0. The van der Waals surface area contributed by atoms with Crippen LogP contribution in [0.1, 0.15) is 22.5 Å². The number of hydrogen-bond acceptors (Lipinski definition) is 6. The Balaban J connectivity index is 1.30. The number of halogens is 1. The zero-order valence-electron chi connectivity index (χ0n) is 20.9. The summed E-state index contributed by atoms with van der Waals surface area (Å²) in [6.07, 6.45) is 2.97. The van der Waals surface area contributed by atoms with Crippen LogP contribution in [0.4, 0.5) is 11.4 Å². The molecular formula is C30H22BrN3O5S. The van der Waals surface area contributed by atoms with E-state index in [2.05, 4.69) is 26.6 Å². The maximum atomic E-state index is 13.2. The molecule has 8 nitrogen and oxygen atoms in total. The van der Waals surface area contributed by atoms with E-state index < -0.39 is 17.1 Å². The van der Waals surface area contributed by atoms with E-state index in [0.29, 0.717) is 27.6 Å². The first kappa shape index (κ1) is 27.2. The Bertz CT molecular complexity index is 1590. The van der Waals surface area contributed by atoms with E-state index in [1.54, 1.807) is 91.0 Å². The van der Waals surface area contributed by atoms with E-state index in [4.69, 9.17) is 4.42 Å². The quantitative estimate of drug-likeness (QED) is 0.189. The number of rotatable bonds is 8. The van der Waals surface area contributed by atoms with Crippen LogP contribution in [-0.2, 0) is 14.4 Å². The fourth-order valence-electron chi connectivity index (χ4n) is 4.03. The molecule has 200 valence electrons. The summed E-state index contributed by atoms with van der Waals surface area (Å²) in [5.41, 5.74) is 1.36. The Morgan fingerprint density at radius 3 is 2.45 bits per heavy atom. The van der Waals surface area contributed by atoms with Crippen molar-refractivity contribution < 1.29 is 23.6 Å². The van der Waals surface area contributed by atoms with Crippen molar-refractivity contribution in [3.05, 3.63) is 119 Å². The molecule has 2 N–H and O–H groups in total. The first-order valence-electron chi connectivity index (χ1n) is 12.2. The molecule has 0 radical (unpaired) electrons. The van der Waals surface area contributed by atoms with Gasteiger partial charge in [-0.1, -0.05) is 40.2 Å². The first-order valence-corrected chi connectivity index (χ1v) is 13.9. The van der Waals surface area contributed by atoms with Gasteiger partial charge >= 0.3 is 0 Å². The van der Waals surface area contributed by atoms with Gasteiger partial charge in [-0.3, -0.25) is 19.2 Å². The third-order valence-corrected chi connectivity index (χ3v) is 7.63. The van der Waals surface area contributed by atoms with Gasteiger partial charge in [0.1, 0.15) is 11.5 Å². The largest absolute Gasteiger partial charge is 0.465 e. The molecule has 1 atom stereocenters. The maximum absolute atomic E-state index is 13.2.